The number of aliphatic hydroxyl groups excluding tert-OH is 1. The van der Waals surface area contributed by atoms with Gasteiger partial charge in [-0.05, 0) is 18.4 Å². The van der Waals surface area contributed by atoms with Gasteiger partial charge < -0.3 is 10.4 Å². The minimum absolute atomic E-state index is 0.182. The van der Waals surface area contributed by atoms with Crippen LogP contribution in [0.4, 0.5) is 0 Å². The molecule has 0 aliphatic carbocycles. The molecule has 2 N–H and O–H groups in total. The Labute approximate surface area is 94.7 Å². The van der Waals surface area contributed by atoms with Gasteiger partial charge in [0, 0.05) is 30.6 Å². The molecule has 1 aromatic rings. The molecular formula is C11H18N2OS. The van der Waals surface area contributed by atoms with Crippen molar-refractivity contribution in [3.8, 4) is 0 Å². The number of nitrogens with one attached hydrogen (secondary N) is 1. The Morgan fingerprint density at radius 3 is 3.20 bits per heavy atom. The molecule has 0 radical (unpaired) electrons. The van der Waals surface area contributed by atoms with Gasteiger partial charge in [-0.25, -0.2) is 0 Å². The van der Waals surface area contributed by atoms with Crippen LogP contribution in [-0.4, -0.2) is 42.3 Å². The van der Waals surface area contributed by atoms with Crippen LogP contribution in [0.5, 0.6) is 0 Å². The average Bonchev–Trinajstić information content (AvgIpc) is 2.75. The summed E-state index contributed by atoms with van der Waals surface area (Å²) in [5.41, 5.74) is 0. The van der Waals surface area contributed by atoms with Crippen molar-refractivity contribution in [1.29, 1.82) is 0 Å². The second-order valence-corrected chi connectivity index (χ2v) is 4.98. The van der Waals surface area contributed by atoms with Crippen LogP contribution in [0.15, 0.2) is 17.5 Å². The minimum atomic E-state index is 0.182. The smallest absolute Gasteiger partial charge is 0.0677 e. The fraction of sp³-hybridized carbons (Fsp3) is 0.636. The van der Waals surface area contributed by atoms with Gasteiger partial charge in [-0.15, -0.1) is 11.3 Å². The Hall–Kier alpha value is -0.420. The Balaban J connectivity index is 2.11. The molecule has 0 bridgehead atoms. The summed E-state index contributed by atoms with van der Waals surface area (Å²) in [4.78, 5) is 3.66. The second-order valence-electron chi connectivity index (χ2n) is 4.00. The molecule has 1 saturated heterocycles. The summed E-state index contributed by atoms with van der Waals surface area (Å²) in [6.45, 7) is 5.48. The summed E-state index contributed by atoms with van der Waals surface area (Å²) >= 11 is 1.73. The maximum absolute atomic E-state index is 9.51. The van der Waals surface area contributed by atoms with Gasteiger partial charge in [0.05, 0.1) is 12.6 Å². The quantitative estimate of drug-likeness (QED) is 0.809. The highest BCUT2D eigenvalue weighted by Gasteiger charge is 2.26. The molecule has 3 nitrogen and oxygen atoms in total. The lowest BCUT2D eigenvalue weighted by atomic mass is 10.1. The number of rotatable bonds is 3. The Bertz CT molecular complexity index is 289. The van der Waals surface area contributed by atoms with Crippen LogP contribution in [0, 0.1) is 0 Å². The maximum atomic E-state index is 9.51. The molecule has 1 aliphatic heterocycles. The Kier molecular flexibility index (Phi) is 3.75. The number of aliphatic hydroxyl groups is 1. The van der Waals surface area contributed by atoms with Crippen molar-refractivity contribution >= 4 is 11.3 Å². The van der Waals surface area contributed by atoms with Crippen molar-refractivity contribution in [2.75, 3.05) is 26.2 Å². The third-order valence-electron chi connectivity index (χ3n) is 3.00. The molecule has 2 unspecified atom stereocenters. The van der Waals surface area contributed by atoms with Crippen molar-refractivity contribution in [2.45, 2.75) is 19.0 Å². The number of hydrogen-bond acceptors (Lipinski definition) is 4. The summed E-state index contributed by atoms with van der Waals surface area (Å²) in [6, 6.07) is 4.84. The van der Waals surface area contributed by atoms with Gasteiger partial charge in [-0.1, -0.05) is 6.07 Å². The number of piperazine rings is 1. The molecular weight excluding hydrogens is 208 g/mol. The second kappa shape index (κ2) is 5.07. The molecule has 0 saturated carbocycles. The van der Waals surface area contributed by atoms with E-state index in [-0.39, 0.29) is 12.6 Å². The first kappa shape index (κ1) is 11.1. The molecule has 1 aliphatic rings. The van der Waals surface area contributed by atoms with Crippen molar-refractivity contribution in [3.05, 3.63) is 22.4 Å². The Morgan fingerprint density at radius 2 is 2.60 bits per heavy atom. The van der Waals surface area contributed by atoms with E-state index in [9.17, 15) is 5.11 Å². The number of thiophene rings is 1. The average molecular weight is 226 g/mol. The standard InChI is InChI=1S/C11H18N2OS/c1-9-7-12-4-5-13(9)10(8-14)11-3-2-6-15-11/h2-3,6,9-10,12,14H,4-5,7-8H2,1H3. The van der Waals surface area contributed by atoms with Crippen molar-refractivity contribution in [3.63, 3.8) is 0 Å². The SMILES string of the molecule is CC1CNCCN1C(CO)c1cccs1. The van der Waals surface area contributed by atoms with E-state index in [4.69, 9.17) is 0 Å². The van der Waals surface area contributed by atoms with Gasteiger partial charge in [-0.2, -0.15) is 0 Å². The van der Waals surface area contributed by atoms with Gasteiger partial charge >= 0.3 is 0 Å². The third kappa shape index (κ3) is 2.39. The van der Waals surface area contributed by atoms with Crippen LogP contribution in [0.3, 0.4) is 0 Å². The summed E-state index contributed by atoms with van der Waals surface area (Å²) in [6.07, 6.45) is 0. The summed E-state index contributed by atoms with van der Waals surface area (Å²) in [7, 11) is 0. The van der Waals surface area contributed by atoms with Crippen LogP contribution < -0.4 is 5.32 Å². The molecule has 4 heteroatoms. The predicted octanol–water partition coefficient (Wildman–Crippen LogP) is 1.08. The summed E-state index contributed by atoms with van der Waals surface area (Å²) < 4.78 is 0. The maximum Gasteiger partial charge on any atom is 0.0677 e. The predicted molar refractivity (Wildman–Crippen MR) is 63.2 cm³/mol. The van der Waals surface area contributed by atoms with Crippen molar-refractivity contribution in [2.24, 2.45) is 0 Å². The lowest BCUT2D eigenvalue weighted by Gasteiger charge is -2.38. The fourth-order valence-corrected chi connectivity index (χ4v) is 3.00. The number of hydrogen-bond donors (Lipinski definition) is 2. The number of nitrogens with zero attached hydrogens (tertiary/aromatic N) is 1. The normalized spacial score (nSPS) is 25.3. The van der Waals surface area contributed by atoms with Gasteiger partial charge in [0.2, 0.25) is 0 Å². The molecule has 15 heavy (non-hydrogen) atoms. The molecule has 1 aromatic heterocycles. The van der Waals surface area contributed by atoms with Crippen LogP contribution in [0.25, 0.3) is 0 Å². The highest BCUT2D eigenvalue weighted by molar-refractivity contribution is 7.10. The molecule has 0 amide bonds. The van der Waals surface area contributed by atoms with E-state index in [0.29, 0.717) is 6.04 Å². The zero-order valence-corrected chi connectivity index (χ0v) is 9.83. The molecule has 0 spiro atoms. The van der Waals surface area contributed by atoms with Gasteiger partial charge in [0.15, 0.2) is 0 Å². The molecule has 2 atom stereocenters. The van der Waals surface area contributed by atoms with Crippen molar-refractivity contribution in [1.82, 2.24) is 10.2 Å². The summed E-state index contributed by atoms with van der Waals surface area (Å²) in [5.74, 6) is 0. The first-order chi connectivity index (χ1) is 7.33. The molecule has 1 fully saturated rings. The topological polar surface area (TPSA) is 35.5 Å². The van der Waals surface area contributed by atoms with Gasteiger partial charge in [0.25, 0.3) is 0 Å². The molecule has 84 valence electrons. The van der Waals surface area contributed by atoms with E-state index < -0.39 is 0 Å². The first-order valence-electron chi connectivity index (χ1n) is 5.43. The van der Waals surface area contributed by atoms with E-state index in [1.54, 1.807) is 11.3 Å². The van der Waals surface area contributed by atoms with Crippen LogP contribution in [-0.2, 0) is 0 Å². The molecule has 0 aromatic carbocycles. The zero-order valence-electron chi connectivity index (χ0n) is 9.02. The lowest BCUT2D eigenvalue weighted by molar-refractivity contribution is 0.0742. The minimum Gasteiger partial charge on any atom is -0.394 e. The molecule has 2 heterocycles. The van der Waals surface area contributed by atoms with E-state index in [1.807, 2.05) is 0 Å². The lowest BCUT2D eigenvalue weighted by Crippen LogP contribution is -2.51. The van der Waals surface area contributed by atoms with Crippen LogP contribution >= 0.6 is 11.3 Å². The summed E-state index contributed by atoms with van der Waals surface area (Å²) in [5, 5.41) is 15.0. The van der Waals surface area contributed by atoms with Crippen molar-refractivity contribution < 1.29 is 5.11 Å². The third-order valence-corrected chi connectivity index (χ3v) is 3.97. The van der Waals surface area contributed by atoms with Crippen LogP contribution in [0.1, 0.15) is 17.8 Å². The first-order valence-corrected chi connectivity index (χ1v) is 6.31. The van der Waals surface area contributed by atoms with E-state index in [1.165, 1.54) is 4.88 Å². The highest BCUT2D eigenvalue weighted by atomic mass is 32.1. The van der Waals surface area contributed by atoms with E-state index in [0.717, 1.165) is 19.6 Å². The highest BCUT2D eigenvalue weighted by Crippen LogP contribution is 2.26. The Morgan fingerprint density at radius 1 is 1.73 bits per heavy atom. The largest absolute Gasteiger partial charge is 0.394 e. The zero-order chi connectivity index (χ0) is 10.7. The van der Waals surface area contributed by atoms with Gasteiger partial charge in [0.1, 0.15) is 0 Å². The van der Waals surface area contributed by atoms with Gasteiger partial charge in [-0.3, -0.25) is 4.90 Å². The van der Waals surface area contributed by atoms with E-state index >= 15 is 0 Å². The molecule has 2 rings (SSSR count). The monoisotopic (exact) mass is 226 g/mol. The van der Waals surface area contributed by atoms with E-state index in [2.05, 4.69) is 34.7 Å². The van der Waals surface area contributed by atoms with Crippen LogP contribution in [0.2, 0.25) is 0 Å². The fourth-order valence-electron chi connectivity index (χ4n) is 2.16.